The lowest BCUT2D eigenvalue weighted by Crippen LogP contribution is -2.22. The van der Waals surface area contributed by atoms with Gasteiger partial charge in [-0.2, -0.15) is 10.4 Å². The summed E-state index contributed by atoms with van der Waals surface area (Å²) in [5.41, 5.74) is 3.14. The Labute approximate surface area is 115 Å². The molecule has 0 atom stereocenters. The van der Waals surface area contributed by atoms with Gasteiger partial charge < -0.3 is 4.57 Å². The van der Waals surface area contributed by atoms with E-state index in [0.717, 1.165) is 11.1 Å². The molecule has 0 fully saturated rings. The van der Waals surface area contributed by atoms with Crippen LogP contribution in [0.15, 0.2) is 47.7 Å². The third kappa shape index (κ3) is 1.97. The summed E-state index contributed by atoms with van der Waals surface area (Å²) in [6.45, 7) is 2.43. The van der Waals surface area contributed by atoms with E-state index in [2.05, 4.69) is 11.2 Å². The summed E-state index contributed by atoms with van der Waals surface area (Å²) in [7, 11) is 0. The number of nitriles is 1. The molecular weight excluding hydrogens is 252 g/mol. The minimum Gasteiger partial charge on any atom is -0.308 e. The van der Waals surface area contributed by atoms with E-state index < -0.39 is 0 Å². The van der Waals surface area contributed by atoms with Crippen LogP contribution in [0.1, 0.15) is 16.7 Å². The lowest BCUT2D eigenvalue weighted by Gasteiger charge is -2.09. The Morgan fingerprint density at radius 3 is 2.90 bits per heavy atom. The van der Waals surface area contributed by atoms with E-state index in [1.807, 2.05) is 19.1 Å². The van der Waals surface area contributed by atoms with Crippen molar-refractivity contribution in [1.29, 1.82) is 5.26 Å². The van der Waals surface area contributed by atoms with Crippen molar-refractivity contribution in [3.05, 3.63) is 69.9 Å². The van der Waals surface area contributed by atoms with Gasteiger partial charge in [-0.15, -0.1) is 0 Å². The van der Waals surface area contributed by atoms with Crippen molar-refractivity contribution < 1.29 is 0 Å². The minimum atomic E-state index is -0.0752. The molecule has 3 rings (SSSR count). The van der Waals surface area contributed by atoms with E-state index in [0.29, 0.717) is 17.6 Å². The molecule has 3 aromatic rings. The van der Waals surface area contributed by atoms with Crippen molar-refractivity contribution in [3.63, 3.8) is 0 Å². The average Bonchev–Trinajstić information content (AvgIpc) is 2.93. The summed E-state index contributed by atoms with van der Waals surface area (Å²) < 4.78 is 3.20. The number of hydrogen-bond donors (Lipinski definition) is 0. The predicted octanol–water partition coefficient (Wildman–Crippen LogP) is 1.72. The van der Waals surface area contributed by atoms with Gasteiger partial charge in [-0.3, -0.25) is 4.79 Å². The largest absolute Gasteiger partial charge is 0.308 e. The van der Waals surface area contributed by atoms with Gasteiger partial charge in [-0.1, -0.05) is 6.07 Å². The summed E-state index contributed by atoms with van der Waals surface area (Å²) in [5.74, 6) is 0. The van der Waals surface area contributed by atoms with E-state index in [4.69, 9.17) is 5.26 Å². The highest BCUT2D eigenvalue weighted by Gasteiger charge is 2.06. The standard InChI is InChI=1S/C15H12N4O/c1-11-8-12(9-16)2-3-13(11)10-18-6-7-19-14(15(18)20)4-5-17-19/h2-8H,10H2,1H3. The van der Waals surface area contributed by atoms with Crippen molar-refractivity contribution in [1.82, 2.24) is 14.2 Å². The van der Waals surface area contributed by atoms with Crippen molar-refractivity contribution >= 4 is 5.52 Å². The maximum Gasteiger partial charge on any atom is 0.276 e. The molecule has 5 heteroatoms. The Morgan fingerprint density at radius 1 is 1.30 bits per heavy atom. The highest BCUT2D eigenvalue weighted by atomic mass is 16.1. The normalized spacial score (nSPS) is 10.6. The SMILES string of the molecule is Cc1cc(C#N)ccc1Cn1ccn2nccc2c1=O. The minimum absolute atomic E-state index is 0.0752. The smallest absolute Gasteiger partial charge is 0.276 e. The molecule has 0 aliphatic heterocycles. The van der Waals surface area contributed by atoms with Crippen LogP contribution in [0.2, 0.25) is 0 Å². The molecule has 0 saturated heterocycles. The van der Waals surface area contributed by atoms with Gasteiger partial charge in [-0.25, -0.2) is 4.52 Å². The van der Waals surface area contributed by atoms with E-state index >= 15 is 0 Å². The number of rotatable bonds is 2. The third-order valence-corrected chi connectivity index (χ3v) is 3.35. The zero-order valence-corrected chi connectivity index (χ0v) is 10.9. The first-order chi connectivity index (χ1) is 9.69. The first-order valence-electron chi connectivity index (χ1n) is 6.21. The van der Waals surface area contributed by atoms with Gasteiger partial charge in [-0.05, 0) is 36.2 Å². The molecule has 0 N–H and O–H groups in total. The Kier molecular flexibility index (Phi) is 2.84. The van der Waals surface area contributed by atoms with Crippen molar-refractivity contribution in [2.75, 3.05) is 0 Å². The second-order valence-corrected chi connectivity index (χ2v) is 4.65. The quantitative estimate of drug-likeness (QED) is 0.708. The van der Waals surface area contributed by atoms with Gasteiger partial charge in [0, 0.05) is 12.4 Å². The Balaban J connectivity index is 2.03. The molecule has 0 amide bonds. The van der Waals surface area contributed by atoms with Crippen molar-refractivity contribution in [2.24, 2.45) is 0 Å². The average molecular weight is 264 g/mol. The second-order valence-electron chi connectivity index (χ2n) is 4.65. The number of nitrogens with zero attached hydrogens (tertiary/aromatic N) is 4. The number of hydrogen-bond acceptors (Lipinski definition) is 3. The summed E-state index contributed by atoms with van der Waals surface area (Å²) >= 11 is 0. The fraction of sp³-hybridized carbons (Fsp3) is 0.133. The van der Waals surface area contributed by atoms with Gasteiger partial charge in [0.25, 0.3) is 5.56 Å². The zero-order chi connectivity index (χ0) is 14.1. The van der Waals surface area contributed by atoms with Crippen LogP contribution in [-0.2, 0) is 6.54 Å². The van der Waals surface area contributed by atoms with Crippen LogP contribution in [0.25, 0.3) is 5.52 Å². The maximum absolute atomic E-state index is 12.3. The lowest BCUT2D eigenvalue weighted by molar-refractivity contribution is 0.739. The van der Waals surface area contributed by atoms with Crippen molar-refractivity contribution in [2.45, 2.75) is 13.5 Å². The molecular formula is C15H12N4O. The summed E-state index contributed by atoms with van der Waals surface area (Å²) in [6, 6.07) is 9.30. The monoisotopic (exact) mass is 264 g/mol. The molecule has 0 bridgehead atoms. The Bertz CT molecular complexity index is 883. The van der Waals surface area contributed by atoms with Gasteiger partial charge in [0.2, 0.25) is 0 Å². The van der Waals surface area contributed by atoms with Crippen LogP contribution in [0.4, 0.5) is 0 Å². The van der Waals surface area contributed by atoms with Gasteiger partial charge in [0.15, 0.2) is 0 Å². The molecule has 0 spiro atoms. The molecule has 1 aromatic carbocycles. The molecule has 0 aliphatic rings. The first-order valence-corrected chi connectivity index (χ1v) is 6.21. The molecule has 2 heterocycles. The number of aryl methyl sites for hydroxylation is 1. The molecule has 98 valence electrons. The van der Waals surface area contributed by atoms with Crippen LogP contribution < -0.4 is 5.56 Å². The van der Waals surface area contributed by atoms with Crippen LogP contribution in [0.5, 0.6) is 0 Å². The van der Waals surface area contributed by atoms with Gasteiger partial charge in [0.05, 0.1) is 24.4 Å². The van der Waals surface area contributed by atoms with E-state index in [-0.39, 0.29) is 5.56 Å². The van der Waals surface area contributed by atoms with Gasteiger partial charge in [0.1, 0.15) is 5.52 Å². The third-order valence-electron chi connectivity index (χ3n) is 3.35. The van der Waals surface area contributed by atoms with Crippen LogP contribution in [-0.4, -0.2) is 14.2 Å². The van der Waals surface area contributed by atoms with Crippen LogP contribution >= 0.6 is 0 Å². The Hall–Kier alpha value is -2.87. The molecule has 2 aromatic heterocycles. The predicted molar refractivity (Wildman–Crippen MR) is 74.4 cm³/mol. The topological polar surface area (TPSA) is 63.1 Å². The molecule has 20 heavy (non-hydrogen) atoms. The highest BCUT2D eigenvalue weighted by molar-refractivity contribution is 5.43. The van der Waals surface area contributed by atoms with E-state index in [9.17, 15) is 4.79 Å². The molecule has 5 nitrogen and oxygen atoms in total. The Morgan fingerprint density at radius 2 is 2.15 bits per heavy atom. The summed E-state index contributed by atoms with van der Waals surface area (Å²) in [5, 5.41) is 12.9. The fourth-order valence-electron chi connectivity index (χ4n) is 2.21. The number of benzene rings is 1. The van der Waals surface area contributed by atoms with E-state index in [1.54, 1.807) is 39.8 Å². The van der Waals surface area contributed by atoms with Crippen molar-refractivity contribution in [3.8, 4) is 6.07 Å². The molecule has 0 radical (unpaired) electrons. The maximum atomic E-state index is 12.3. The van der Waals surface area contributed by atoms with Crippen LogP contribution in [0.3, 0.4) is 0 Å². The lowest BCUT2D eigenvalue weighted by atomic mass is 10.1. The molecule has 0 saturated carbocycles. The van der Waals surface area contributed by atoms with Crippen LogP contribution in [0, 0.1) is 18.3 Å². The highest BCUT2D eigenvalue weighted by Crippen LogP contribution is 2.11. The number of aromatic nitrogens is 3. The van der Waals surface area contributed by atoms with Gasteiger partial charge >= 0.3 is 0 Å². The zero-order valence-electron chi connectivity index (χ0n) is 10.9. The molecule has 0 aliphatic carbocycles. The summed E-state index contributed by atoms with van der Waals surface area (Å²) in [4.78, 5) is 12.3. The molecule has 0 unspecified atom stereocenters. The fourth-order valence-corrected chi connectivity index (χ4v) is 2.21. The second kappa shape index (κ2) is 4.67. The first kappa shape index (κ1) is 12.2. The van der Waals surface area contributed by atoms with E-state index in [1.165, 1.54) is 0 Å². The number of fused-ring (bicyclic) bond motifs is 1. The summed E-state index contributed by atoms with van der Waals surface area (Å²) in [6.07, 6.45) is 5.09.